The van der Waals surface area contributed by atoms with Gasteiger partial charge in [0, 0.05) is 20.1 Å². The SMILES string of the molecule is Cc1ccc(N=C(c2ccc(Br)cc2)N(C(=O)c2ccc(Br)cc2)c2ccc(C)cc2)cc1. The lowest BCUT2D eigenvalue weighted by Crippen LogP contribution is -2.37. The normalized spacial score (nSPS) is 11.3. The van der Waals surface area contributed by atoms with E-state index in [-0.39, 0.29) is 5.91 Å². The molecule has 4 aromatic carbocycles. The molecule has 0 bridgehead atoms. The Morgan fingerprint density at radius 2 is 1.09 bits per heavy atom. The van der Waals surface area contributed by atoms with Crippen LogP contribution in [0.2, 0.25) is 0 Å². The van der Waals surface area contributed by atoms with Crippen molar-refractivity contribution < 1.29 is 4.79 Å². The number of benzene rings is 4. The molecule has 4 aromatic rings. The number of amides is 1. The summed E-state index contributed by atoms with van der Waals surface area (Å²) < 4.78 is 1.88. The minimum Gasteiger partial charge on any atom is -0.268 e. The number of carbonyl (C=O) groups excluding carboxylic acids is 1. The number of amidine groups is 1. The second-order valence-corrected chi connectivity index (χ2v) is 9.59. The van der Waals surface area contributed by atoms with Gasteiger partial charge in [-0.25, -0.2) is 4.99 Å². The third kappa shape index (κ3) is 5.67. The Bertz CT molecular complexity index is 1280. The van der Waals surface area contributed by atoms with Gasteiger partial charge in [0.25, 0.3) is 5.91 Å². The standard InChI is InChI=1S/C28H22Br2N2O/c1-19-3-15-25(16-4-19)31-27(21-7-11-23(29)12-8-21)32(26-17-5-20(2)6-18-26)28(33)22-9-13-24(30)14-10-22/h3-18H,1-2H3. The highest BCUT2D eigenvalue weighted by Crippen LogP contribution is 2.26. The quantitative estimate of drug-likeness (QED) is 0.182. The molecular weight excluding hydrogens is 540 g/mol. The molecule has 0 spiro atoms. The average molecular weight is 562 g/mol. The van der Waals surface area contributed by atoms with Gasteiger partial charge in [0.1, 0.15) is 5.84 Å². The predicted octanol–water partition coefficient (Wildman–Crippen LogP) is 8.25. The number of aryl methyl sites for hydroxylation is 2. The molecule has 0 N–H and O–H groups in total. The number of anilines is 1. The first-order chi connectivity index (χ1) is 15.9. The Morgan fingerprint density at radius 3 is 1.61 bits per heavy atom. The molecule has 0 heterocycles. The predicted molar refractivity (Wildman–Crippen MR) is 144 cm³/mol. The van der Waals surface area contributed by atoms with Crippen LogP contribution in [0.15, 0.2) is 111 Å². The number of carbonyl (C=O) groups is 1. The van der Waals surface area contributed by atoms with Crippen LogP contribution >= 0.6 is 31.9 Å². The highest BCUT2D eigenvalue weighted by atomic mass is 79.9. The van der Waals surface area contributed by atoms with Crippen molar-refractivity contribution in [3.05, 3.63) is 128 Å². The minimum atomic E-state index is -0.153. The molecule has 0 atom stereocenters. The molecule has 0 saturated carbocycles. The molecule has 0 saturated heterocycles. The summed E-state index contributed by atoms with van der Waals surface area (Å²) in [5.74, 6) is 0.406. The van der Waals surface area contributed by atoms with Crippen LogP contribution in [-0.4, -0.2) is 11.7 Å². The van der Waals surface area contributed by atoms with Crippen molar-refractivity contribution >= 4 is 55.0 Å². The monoisotopic (exact) mass is 560 g/mol. The molecule has 3 nitrogen and oxygen atoms in total. The van der Waals surface area contributed by atoms with Crippen LogP contribution in [0.5, 0.6) is 0 Å². The highest BCUT2D eigenvalue weighted by Gasteiger charge is 2.25. The molecule has 164 valence electrons. The average Bonchev–Trinajstić information content (AvgIpc) is 2.82. The van der Waals surface area contributed by atoms with Gasteiger partial charge in [-0.15, -0.1) is 0 Å². The number of aliphatic imine (C=N–C) groups is 1. The Hall–Kier alpha value is -3.02. The van der Waals surface area contributed by atoms with E-state index in [2.05, 4.69) is 31.9 Å². The Kier molecular flexibility index (Phi) is 7.21. The van der Waals surface area contributed by atoms with E-state index in [4.69, 9.17) is 4.99 Å². The Labute approximate surface area is 211 Å². The fourth-order valence-corrected chi connectivity index (χ4v) is 3.86. The van der Waals surface area contributed by atoms with E-state index < -0.39 is 0 Å². The smallest absolute Gasteiger partial charge is 0.264 e. The van der Waals surface area contributed by atoms with Crippen LogP contribution in [0.4, 0.5) is 11.4 Å². The lowest BCUT2D eigenvalue weighted by atomic mass is 10.1. The zero-order valence-electron chi connectivity index (χ0n) is 18.3. The van der Waals surface area contributed by atoms with Crippen molar-refractivity contribution in [2.75, 3.05) is 4.90 Å². The molecule has 0 aromatic heterocycles. The van der Waals surface area contributed by atoms with Gasteiger partial charge in [0.15, 0.2) is 0 Å². The molecule has 0 aliphatic carbocycles. The van der Waals surface area contributed by atoms with Crippen LogP contribution in [0.3, 0.4) is 0 Å². The summed E-state index contributed by atoms with van der Waals surface area (Å²) in [7, 11) is 0. The lowest BCUT2D eigenvalue weighted by Gasteiger charge is -2.25. The summed E-state index contributed by atoms with van der Waals surface area (Å²) in [5.41, 5.74) is 5.22. The molecule has 0 aliphatic heterocycles. The zero-order valence-corrected chi connectivity index (χ0v) is 21.5. The van der Waals surface area contributed by atoms with Gasteiger partial charge in [0.2, 0.25) is 0 Å². The van der Waals surface area contributed by atoms with Gasteiger partial charge < -0.3 is 0 Å². The highest BCUT2D eigenvalue weighted by molar-refractivity contribution is 9.10. The minimum absolute atomic E-state index is 0.153. The van der Waals surface area contributed by atoms with E-state index in [1.54, 1.807) is 4.90 Å². The molecule has 4 rings (SSSR count). The molecule has 1 amide bonds. The molecule has 0 radical (unpaired) electrons. The van der Waals surface area contributed by atoms with E-state index >= 15 is 0 Å². The largest absolute Gasteiger partial charge is 0.268 e. The maximum Gasteiger partial charge on any atom is 0.264 e. The summed E-state index contributed by atoms with van der Waals surface area (Å²) in [5, 5.41) is 0. The van der Waals surface area contributed by atoms with Crippen LogP contribution in [0, 0.1) is 13.8 Å². The fraction of sp³-hybridized carbons (Fsp3) is 0.0714. The number of hydrogen-bond donors (Lipinski definition) is 0. The van der Waals surface area contributed by atoms with Crippen molar-refractivity contribution in [2.45, 2.75) is 13.8 Å². The topological polar surface area (TPSA) is 32.7 Å². The number of hydrogen-bond acceptors (Lipinski definition) is 2. The first kappa shape index (κ1) is 23.1. The number of nitrogens with zero attached hydrogens (tertiary/aromatic N) is 2. The second kappa shape index (κ2) is 10.3. The molecule has 0 fully saturated rings. The van der Waals surface area contributed by atoms with Crippen molar-refractivity contribution in [1.82, 2.24) is 0 Å². The van der Waals surface area contributed by atoms with E-state index in [9.17, 15) is 4.79 Å². The molecule has 0 aliphatic rings. The fourth-order valence-electron chi connectivity index (χ4n) is 3.34. The van der Waals surface area contributed by atoms with E-state index in [0.29, 0.717) is 11.4 Å². The molecule has 33 heavy (non-hydrogen) atoms. The maximum atomic E-state index is 13.9. The van der Waals surface area contributed by atoms with Crippen LogP contribution in [0.25, 0.3) is 0 Å². The lowest BCUT2D eigenvalue weighted by molar-refractivity contribution is 0.100. The summed E-state index contributed by atoms with van der Waals surface area (Å²) >= 11 is 6.96. The van der Waals surface area contributed by atoms with Crippen molar-refractivity contribution in [3.8, 4) is 0 Å². The van der Waals surface area contributed by atoms with Gasteiger partial charge in [-0.2, -0.15) is 0 Å². The second-order valence-electron chi connectivity index (χ2n) is 7.76. The van der Waals surface area contributed by atoms with E-state index in [1.165, 1.54) is 0 Å². The Balaban J connectivity index is 1.92. The first-order valence-corrected chi connectivity index (χ1v) is 12.1. The summed E-state index contributed by atoms with van der Waals surface area (Å²) in [6.45, 7) is 4.07. The first-order valence-electron chi connectivity index (χ1n) is 10.5. The number of halogens is 2. The zero-order chi connectivity index (χ0) is 23.4. The Morgan fingerprint density at radius 1 is 0.636 bits per heavy atom. The van der Waals surface area contributed by atoms with Crippen LogP contribution < -0.4 is 4.90 Å². The van der Waals surface area contributed by atoms with Gasteiger partial charge in [-0.05, 0) is 74.5 Å². The third-order valence-electron chi connectivity index (χ3n) is 5.17. The van der Waals surface area contributed by atoms with E-state index in [0.717, 1.165) is 37.0 Å². The summed E-state index contributed by atoms with van der Waals surface area (Å²) in [4.78, 5) is 20.5. The summed E-state index contributed by atoms with van der Waals surface area (Å²) in [6, 6.07) is 31.1. The third-order valence-corrected chi connectivity index (χ3v) is 6.23. The van der Waals surface area contributed by atoms with Gasteiger partial charge in [0.05, 0.1) is 11.4 Å². The van der Waals surface area contributed by atoms with Crippen molar-refractivity contribution in [2.24, 2.45) is 4.99 Å². The summed E-state index contributed by atoms with van der Waals surface area (Å²) in [6.07, 6.45) is 0. The number of rotatable bonds is 4. The van der Waals surface area contributed by atoms with Gasteiger partial charge >= 0.3 is 0 Å². The molecule has 5 heteroatoms. The van der Waals surface area contributed by atoms with Crippen LogP contribution in [0.1, 0.15) is 27.0 Å². The molecule has 0 unspecified atom stereocenters. The van der Waals surface area contributed by atoms with Gasteiger partial charge in [-0.1, -0.05) is 79.4 Å². The van der Waals surface area contributed by atoms with E-state index in [1.807, 2.05) is 111 Å². The molecular formula is C28H22Br2N2O. The van der Waals surface area contributed by atoms with Crippen molar-refractivity contribution in [3.63, 3.8) is 0 Å². The van der Waals surface area contributed by atoms with Crippen molar-refractivity contribution in [1.29, 1.82) is 0 Å². The van der Waals surface area contributed by atoms with Gasteiger partial charge in [-0.3, -0.25) is 9.69 Å². The van der Waals surface area contributed by atoms with Crippen LogP contribution in [-0.2, 0) is 0 Å². The maximum absolute atomic E-state index is 13.9.